The van der Waals surface area contributed by atoms with Crippen molar-refractivity contribution in [1.29, 1.82) is 0 Å². The molecule has 0 spiro atoms. The van der Waals surface area contributed by atoms with Crippen LogP contribution in [0.3, 0.4) is 0 Å². The summed E-state index contributed by atoms with van der Waals surface area (Å²) in [5, 5.41) is 0. The average molecular weight is 906 g/mol. The third kappa shape index (κ3) is 5.62. The van der Waals surface area contributed by atoms with E-state index in [1.165, 1.54) is 0 Å². The first kappa shape index (κ1) is 50.7. The highest BCUT2D eigenvalue weighted by Crippen LogP contribution is 2.72. The van der Waals surface area contributed by atoms with E-state index in [0.717, 1.165) is 0 Å². The minimum Gasteiger partial charge on any atom is -0.196 e. The molecule has 0 heterocycles. The zero-order valence-electron chi connectivity index (χ0n) is 22.1. The second kappa shape index (κ2) is 11.8. The molecule has 0 N–H and O–H groups in total. The molecule has 0 aromatic heterocycles. The molecule has 0 amide bonds. The molecule has 0 rings (SSSR count). The maximum absolute atomic E-state index is 14.8. The van der Waals surface area contributed by atoms with Crippen LogP contribution in [0.1, 0.15) is 0 Å². The predicted molar refractivity (Wildman–Crippen MR) is 86.9 cm³/mol. The van der Waals surface area contributed by atoms with E-state index in [1.807, 2.05) is 0 Å². The van der Waals surface area contributed by atoms with E-state index in [1.54, 1.807) is 0 Å². The van der Waals surface area contributed by atoms with Crippen LogP contribution in [0.25, 0.3) is 0 Å². The first-order chi connectivity index (χ1) is 22.0. The van der Waals surface area contributed by atoms with Crippen LogP contribution in [0.2, 0.25) is 0 Å². The Kier molecular flexibility index (Phi) is 11.3. The minimum atomic E-state index is -14.5. The first-order valence-electron chi connectivity index (χ1n) is 10.7. The van der Waals surface area contributed by atoms with Gasteiger partial charge in [-0.25, -0.2) is 0 Å². The zero-order chi connectivity index (χ0) is 44.5. The Labute approximate surface area is 261 Å². The molecule has 0 unspecified atom stereocenters. The van der Waals surface area contributed by atoms with Crippen molar-refractivity contribution in [1.82, 2.24) is 0 Å². The fourth-order valence-corrected chi connectivity index (χ4v) is 7.71. The second-order valence-corrected chi connectivity index (χ2v) is 13.4. The molecule has 0 fully saturated rings. The molecule has 0 radical (unpaired) electrons. The van der Waals surface area contributed by atoms with Crippen molar-refractivity contribution in [3.05, 3.63) is 0 Å². The van der Waals surface area contributed by atoms with E-state index in [-0.39, 0.29) is 0 Å². The van der Waals surface area contributed by atoms with Gasteiger partial charge in [0, 0.05) is 8.96 Å². The largest absolute Gasteiger partial charge is 0.611 e. The van der Waals surface area contributed by atoms with E-state index in [0.29, 0.717) is 0 Å². The van der Waals surface area contributed by atoms with Crippen LogP contribution in [-0.2, 0) is 0 Å². The first-order valence-corrected chi connectivity index (χ1v) is 12.7. The van der Waals surface area contributed by atoms with Crippen LogP contribution in [0.4, 0.5) is 158 Å². The summed E-state index contributed by atoms with van der Waals surface area (Å²) in [6, 6.07) is -11.2. The van der Waals surface area contributed by atoms with E-state index < -0.39 is 102 Å². The lowest BCUT2D eigenvalue weighted by molar-refractivity contribution is -1.17. The molecule has 0 aliphatic rings. The van der Waals surface area contributed by atoms with E-state index in [4.69, 9.17) is 0 Å². The standard InChI is InChI=1S/C15F36NSi/c16-1(17,2(18,19)4(22,23)8(30,31)32)3(20,21)6(26,27)12(42,43)52(50,51)53(14(46,47)10(36,37)38,15(48,49)11(39,40)41)13(44,45)7(28,29)5(24,25)9(33,34)35/q+1. The molecule has 0 saturated heterocycles. The lowest BCUT2D eigenvalue weighted by Gasteiger charge is -2.50. The van der Waals surface area contributed by atoms with Gasteiger partial charge in [0.25, 0.3) is 0 Å². The topological polar surface area (TPSA) is 0 Å². The Balaban J connectivity index is 9.38. The Morgan fingerprint density at radius 1 is 0.226 bits per heavy atom. The number of halogens is 36. The summed E-state index contributed by atoms with van der Waals surface area (Å²) in [6.07, 6.45) is -37.3. The normalized spacial score (nSPS) is 17.4. The monoisotopic (exact) mass is 906 g/mol. The van der Waals surface area contributed by atoms with Crippen LogP contribution in [0, 0.1) is 0 Å². The van der Waals surface area contributed by atoms with Crippen molar-refractivity contribution in [3.63, 3.8) is 0 Å². The number of alkyl halides is 34. The summed E-state index contributed by atoms with van der Waals surface area (Å²) in [6.45, 7) is 0. The van der Waals surface area contributed by atoms with Crippen LogP contribution in [-0.4, -0.2) is 102 Å². The highest BCUT2D eigenvalue weighted by molar-refractivity contribution is 6.80. The summed E-state index contributed by atoms with van der Waals surface area (Å²) in [4.78, 5) is 0. The molecule has 320 valence electrons. The Hall–Kier alpha value is -2.34. The van der Waals surface area contributed by atoms with Crippen molar-refractivity contribution in [2.24, 2.45) is 0 Å². The number of quaternary nitrogens is 1. The van der Waals surface area contributed by atoms with Crippen LogP contribution < -0.4 is 0 Å². The minimum absolute atomic E-state index is 8.61. The van der Waals surface area contributed by atoms with Gasteiger partial charge >= 0.3 is 97.1 Å². The van der Waals surface area contributed by atoms with Gasteiger partial charge in [0.1, 0.15) is 0 Å². The maximum Gasteiger partial charge on any atom is 0.611 e. The fraction of sp³-hybridized carbons (Fsp3) is 1.00. The molecule has 0 saturated carbocycles. The van der Waals surface area contributed by atoms with Gasteiger partial charge in [0.05, 0.1) is 4.59 Å². The van der Waals surface area contributed by atoms with Gasteiger partial charge in [0.15, 0.2) is 0 Å². The summed E-state index contributed by atoms with van der Waals surface area (Å²) >= 11 is 0. The van der Waals surface area contributed by atoms with Gasteiger partial charge in [-0.1, -0.05) is 0 Å². The molecule has 0 aliphatic heterocycles. The Morgan fingerprint density at radius 2 is 0.434 bits per heavy atom. The van der Waals surface area contributed by atoms with E-state index in [9.17, 15) is 158 Å². The van der Waals surface area contributed by atoms with E-state index >= 15 is 0 Å². The molecule has 0 atom stereocenters. The summed E-state index contributed by atoms with van der Waals surface area (Å²) < 4.78 is 475. The molecular weight excluding hydrogens is 906 g/mol. The van der Waals surface area contributed by atoms with Gasteiger partial charge in [0.2, 0.25) is 0 Å². The van der Waals surface area contributed by atoms with Gasteiger partial charge in [-0.3, -0.25) is 0 Å². The quantitative estimate of drug-likeness (QED) is 0.0792. The predicted octanol–water partition coefficient (Wildman–Crippen LogP) is 11.3. The van der Waals surface area contributed by atoms with Gasteiger partial charge in [-0.2, -0.15) is 140 Å². The molecule has 0 aliphatic carbocycles. The third-order valence-corrected chi connectivity index (χ3v) is 11.0. The number of hydrogen-bond acceptors (Lipinski definition) is 0. The third-order valence-electron chi connectivity index (χ3n) is 6.31. The van der Waals surface area contributed by atoms with E-state index in [2.05, 4.69) is 0 Å². The maximum atomic E-state index is 14.8. The fourth-order valence-electron chi connectivity index (χ4n) is 3.48. The molecule has 0 aromatic carbocycles. The SMILES string of the molecule is FC(F)(F)C(F)(F)C(F)(F)C(F)(F)C(F)(F)C(F)(F)C(F)(F)[N+](F)(F)[Si](C(F)(F)C(F)(F)F)(C(F)(F)C(F)(F)F)C(F)(F)C(F)(F)C(F)(F)C(F)(F)F. The second-order valence-electron chi connectivity index (χ2n) is 9.50. The molecular formula is C15F36NSi+. The lowest BCUT2D eigenvalue weighted by atomic mass is 9.93. The molecule has 0 bridgehead atoms. The Morgan fingerprint density at radius 3 is 0.660 bits per heavy atom. The van der Waals surface area contributed by atoms with Crippen LogP contribution in [0.15, 0.2) is 0 Å². The van der Waals surface area contributed by atoms with Crippen LogP contribution in [0.5, 0.6) is 0 Å². The number of rotatable bonds is 12. The van der Waals surface area contributed by atoms with Gasteiger partial charge in [-0.15, -0.1) is 8.78 Å². The van der Waals surface area contributed by atoms with Gasteiger partial charge in [-0.05, 0) is 0 Å². The molecule has 1 nitrogen and oxygen atoms in total. The summed E-state index contributed by atoms with van der Waals surface area (Å²) in [5.74, 6) is -70.6. The van der Waals surface area contributed by atoms with Crippen molar-refractivity contribution in [3.8, 4) is 0 Å². The highest BCUT2D eigenvalue weighted by Gasteiger charge is 3.16. The lowest BCUT2D eigenvalue weighted by Crippen LogP contribution is -2.97. The Bertz CT molecular complexity index is 1310. The molecule has 38 heteroatoms. The number of nitrogens with zero attached hydrogens (tertiary/aromatic N) is 1. The number of hydrogen-bond donors (Lipinski definition) is 0. The zero-order valence-corrected chi connectivity index (χ0v) is 23.1. The highest BCUT2D eigenvalue weighted by atomic mass is 28.3. The molecule has 53 heavy (non-hydrogen) atoms. The van der Waals surface area contributed by atoms with Gasteiger partial charge < -0.3 is 0 Å². The van der Waals surface area contributed by atoms with Crippen molar-refractivity contribution in [2.45, 2.75) is 88.8 Å². The van der Waals surface area contributed by atoms with Crippen molar-refractivity contribution >= 4 is 8.24 Å². The van der Waals surface area contributed by atoms with Crippen molar-refractivity contribution in [2.75, 3.05) is 0 Å². The summed E-state index contributed by atoms with van der Waals surface area (Å²) in [7, 11) is -14.5. The van der Waals surface area contributed by atoms with Crippen LogP contribution >= 0.6 is 0 Å². The summed E-state index contributed by atoms with van der Waals surface area (Å²) in [5.41, 5.74) is -32.8. The smallest absolute Gasteiger partial charge is 0.196 e. The molecule has 0 aromatic rings. The average Bonchev–Trinajstić information content (AvgIpc) is 2.84. The van der Waals surface area contributed by atoms with Crippen molar-refractivity contribution < 1.29 is 163 Å².